The van der Waals surface area contributed by atoms with Crippen molar-refractivity contribution in [2.75, 3.05) is 0 Å². The highest BCUT2D eigenvalue weighted by molar-refractivity contribution is 7.89. The molecule has 0 saturated heterocycles. The first-order chi connectivity index (χ1) is 9.75. The van der Waals surface area contributed by atoms with Crippen LogP contribution in [0.3, 0.4) is 0 Å². The van der Waals surface area contributed by atoms with E-state index in [1.165, 1.54) is 19.1 Å². The zero-order valence-corrected chi connectivity index (χ0v) is 15.7. The Labute approximate surface area is 133 Å². The lowest BCUT2D eigenvalue weighted by Crippen LogP contribution is -2.45. The summed E-state index contributed by atoms with van der Waals surface area (Å²) in [6.45, 7) is 11.7. The summed E-state index contributed by atoms with van der Waals surface area (Å²) in [4.78, 5) is 3.98. The fourth-order valence-corrected chi connectivity index (χ4v) is 3.57. The number of nitrogens with two attached hydrogens (primary N) is 1. The topological polar surface area (TPSA) is 82.3 Å². The Morgan fingerprint density at radius 2 is 1.86 bits per heavy atom. The van der Waals surface area contributed by atoms with Crippen molar-refractivity contribution in [3.63, 3.8) is 0 Å². The third kappa shape index (κ3) is 4.58. The van der Waals surface area contributed by atoms with Crippen LogP contribution in [0, 0.1) is 5.82 Å². The number of nitrogens with zero attached hydrogens (tertiary/aromatic N) is 1. The van der Waals surface area contributed by atoms with Crippen molar-refractivity contribution in [3.8, 4) is 0 Å². The molecule has 0 aliphatic rings. The first kappa shape index (κ1) is 19.2. The molecule has 2 N–H and O–H groups in total. The Kier molecular flexibility index (Phi) is 5.54. The molecule has 1 aromatic heterocycles. The summed E-state index contributed by atoms with van der Waals surface area (Å²) in [5, 5.41) is 4.20. The van der Waals surface area contributed by atoms with Gasteiger partial charge in [-0.25, -0.2) is 17.9 Å². The largest absolute Gasteiger partial charge is 0.407 e. The molecule has 1 rings (SSSR count). The SMILES string of the molecule is C[C@H]([C@@H](O[Si](C)(C)C(C)(C)C)c1ccc(F)cn1)S(N)(=O)=O. The monoisotopic (exact) mass is 348 g/mol. The van der Waals surface area contributed by atoms with E-state index < -0.39 is 35.5 Å². The zero-order valence-electron chi connectivity index (χ0n) is 13.9. The normalized spacial score (nSPS) is 16.4. The lowest BCUT2D eigenvalue weighted by Gasteiger charge is -2.40. The summed E-state index contributed by atoms with van der Waals surface area (Å²) < 4.78 is 42.8. The van der Waals surface area contributed by atoms with E-state index in [-0.39, 0.29) is 5.04 Å². The number of halogens is 1. The van der Waals surface area contributed by atoms with Gasteiger partial charge >= 0.3 is 0 Å². The number of rotatable bonds is 5. The molecule has 0 bridgehead atoms. The van der Waals surface area contributed by atoms with Gasteiger partial charge in [-0.15, -0.1) is 0 Å². The molecule has 0 aliphatic carbocycles. The molecule has 1 aromatic rings. The summed E-state index contributed by atoms with van der Waals surface area (Å²) in [6, 6.07) is 2.68. The van der Waals surface area contributed by atoms with E-state index in [1.807, 2.05) is 13.1 Å². The van der Waals surface area contributed by atoms with Crippen LogP contribution in [0.15, 0.2) is 18.3 Å². The Hall–Kier alpha value is -0.833. The molecular formula is C14H25FN2O3SSi. The van der Waals surface area contributed by atoms with E-state index in [0.29, 0.717) is 5.69 Å². The van der Waals surface area contributed by atoms with Crippen LogP contribution in [0.25, 0.3) is 0 Å². The second-order valence-corrected chi connectivity index (χ2v) is 13.7. The van der Waals surface area contributed by atoms with Gasteiger partial charge in [-0.3, -0.25) is 4.98 Å². The second-order valence-electron chi connectivity index (χ2n) is 6.99. The van der Waals surface area contributed by atoms with Crippen LogP contribution in [-0.2, 0) is 14.4 Å². The summed E-state index contributed by atoms with van der Waals surface area (Å²) in [5.74, 6) is -0.488. The maximum Gasteiger partial charge on any atom is 0.214 e. The molecule has 1 heterocycles. The van der Waals surface area contributed by atoms with Crippen molar-refractivity contribution in [2.24, 2.45) is 5.14 Å². The van der Waals surface area contributed by atoms with Crippen molar-refractivity contribution in [2.45, 2.75) is 57.2 Å². The Morgan fingerprint density at radius 3 is 2.23 bits per heavy atom. The van der Waals surface area contributed by atoms with Crippen molar-refractivity contribution < 1.29 is 17.2 Å². The molecule has 126 valence electrons. The van der Waals surface area contributed by atoms with Crippen molar-refractivity contribution in [1.82, 2.24) is 4.98 Å². The predicted octanol–water partition coefficient (Wildman–Crippen LogP) is 2.96. The van der Waals surface area contributed by atoms with Gasteiger partial charge in [0.25, 0.3) is 0 Å². The molecule has 22 heavy (non-hydrogen) atoms. The maximum absolute atomic E-state index is 13.1. The van der Waals surface area contributed by atoms with Crippen molar-refractivity contribution >= 4 is 18.3 Å². The third-order valence-electron chi connectivity index (χ3n) is 4.21. The lowest BCUT2D eigenvalue weighted by molar-refractivity contribution is 0.177. The van der Waals surface area contributed by atoms with Crippen molar-refractivity contribution in [1.29, 1.82) is 0 Å². The van der Waals surface area contributed by atoms with Gasteiger partial charge in [-0.1, -0.05) is 20.8 Å². The van der Waals surface area contributed by atoms with Gasteiger partial charge < -0.3 is 4.43 Å². The van der Waals surface area contributed by atoms with Gasteiger partial charge in [0.1, 0.15) is 17.2 Å². The standard InChI is InChI=1S/C14H25FN2O3SSi/c1-10(21(16,18)19)13(12-8-7-11(15)9-17-12)20-22(5,6)14(2,3)4/h7-10,13H,1-6H3,(H2,16,18,19)/t10-,13-/m1/s1. The predicted molar refractivity (Wildman–Crippen MR) is 87.8 cm³/mol. The number of hydrogen-bond donors (Lipinski definition) is 1. The van der Waals surface area contributed by atoms with E-state index in [1.54, 1.807) is 0 Å². The average Bonchev–Trinajstić information content (AvgIpc) is 2.34. The lowest BCUT2D eigenvalue weighted by atomic mass is 10.2. The molecule has 0 aromatic carbocycles. The minimum absolute atomic E-state index is 0.108. The van der Waals surface area contributed by atoms with Crippen LogP contribution < -0.4 is 5.14 Å². The zero-order chi connectivity index (χ0) is 17.3. The Morgan fingerprint density at radius 1 is 1.32 bits per heavy atom. The Bertz CT molecular complexity index is 612. The van der Waals surface area contributed by atoms with Crippen LogP contribution >= 0.6 is 0 Å². The van der Waals surface area contributed by atoms with Crippen LogP contribution in [0.2, 0.25) is 18.1 Å². The number of hydrogen-bond acceptors (Lipinski definition) is 4. The minimum atomic E-state index is -3.81. The summed E-state index contributed by atoms with van der Waals surface area (Å²) >= 11 is 0. The molecule has 0 saturated carbocycles. The smallest absolute Gasteiger partial charge is 0.214 e. The molecule has 0 fully saturated rings. The van der Waals surface area contributed by atoms with Gasteiger partial charge in [-0.2, -0.15) is 0 Å². The molecule has 0 unspecified atom stereocenters. The van der Waals surface area contributed by atoms with E-state index in [0.717, 1.165) is 6.20 Å². The molecule has 8 heteroatoms. The van der Waals surface area contributed by atoms with E-state index >= 15 is 0 Å². The van der Waals surface area contributed by atoms with Crippen LogP contribution in [0.5, 0.6) is 0 Å². The molecule has 0 aliphatic heterocycles. The number of sulfonamides is 1. The third-order valence-corrected chi connectivity index (χ3v) is 9.95. The van der Waals surface area contributed by atoms with Gasteiger partial charge in [0, 0.05) is 0 Å². The average molecular weight is 349 g/mol. The molecule has 0 radical (unpaired) electrons. The second kappa shape index (κ2) is 6.35. The fraction of sp³-hybridized carbons (Fsp3) is 0.643. The minimum Gasteiger partial charge on any atom is -0.407 e. The van der Waals surface area contributed by atoms with Crippen LogP contribution in [0.4, 0.5) is 4.39 Å². The van der Waals surface area contributed by atoms with Gasteiger partial charge in [-0.05, 0) is 37.2 Å². The van der Waals surface area contributed by atoms with Gasteiger partial charge in [0.05, 0.1) is 11.9 Å². The first-order valence-electron chi connectivity index (χ1n) is 7.06. The first-order valence-corrected chi connectivity index (χ1v) is 11.6. The van der Waals surface area contributed by atoms with E-state index in [2.05, 4.69) is 25.8 Å². The van der Waals surface area contributed by atoms with Gasteiger partial charge in [0.15, 0.2) is 8.32 Å². The molecule has 5 nitrogen and oxygen atoms in total. The number of primary sulfonamides is 1. The summed E-state index contributed by atoms with van der Waals surface area (Å²) in [7, 11) is -6.07. The number of aromatic nitrogens is 1. The molecular weight excluding hydrogens is 323 g/mol. The molecule has 2 atom stereocenters. The number of pyridine rings is 1. The van der Waals surface area contributed by atoms with Crippen molar-refractivity contribution in [3.05, 3.63) is 29.8 Å². The highest BCUT2D eigenvalue weighted by Gasteiger charge is 2.42. The fourth-order valence-electron chi connectivity index (χ4n) is 1.62. The highest BCUT2D eigenvalue weighted by atomic mass is 32.2. The summed E-state index contributed by atoms with van der Waals surface area (Å²) in [5.41, 5.74) is 0.368. The van der Waals surface area contributed by atoms with Crippen LogP contribution in [-0.4, -0.2) is 27.0 Å². The Balaban J connectivity index is 3.27. The maximum atomic E-state index is 13.1. The van der Waals surface area contributed by atoms with E-state index in [4.69, 9.17) is 9.56 Å². The quantitative estimate of drug-likeness (QED) is 0.829. The van der Waals surface area contributed by atoms with E-state index in [9.17, 15) is 12.8 Å². The summed E-state index contributed by atoms with van der Waals surface area (Å²) in [6.07, 6.45) is 0.226. The van der Waals surface area contributed by atoms with Gasteiger partial charge in [0.2, 0.25) is 10.0 Å². The van der Waals surface area contributed by atoms with Crippen LogP contribution in [0.1, 0.15) is 39.5 Å². The highest BCUT2D eigenvalue weighted by Crippen LogP contribution is 2.40. The molecule has 0 spiro atoms. The molecule has 0 amide bonds.